The van der Waals surface area contributed by atoms with E-state index >= 15 is 0 Å². The van der Waals surface area contributed by atoms with Gasteiger partial charge in [0.05, 0.1) is 5.69 Å². The normalized spacial score (nSPS) is 11.0. The largest absolute Gasteiger partial charge is 0.375 e. The Labute approximate surface area is 136 Å². The molecule has 0 atom stereocenters. The molecule has 0 aliphatic heterocycles. The van der Waals surface area contributed by atoms with Crippen LogP contribution in [0, 0.1) is 13.8 Å². The fourth-order valence-electron chi connectivity index (χ4n) is 2.37. The molecule has 1 amide bonds. The van der Waals surface area contributed by atoms with E-state index in [0.29, 0.717) is 17.5 Å². The second-order valence-corrected chi connectivity index (χ2v) is 6.12. The number of nitrogens with zero attached hydrogens (tertiary/aromatic N) is 5. The molecule has 0 aliphatic rings. The molecule has 0 saturated carbocycles. The van der Waals surface area contributed by atoms with E-state index in [0.717, 1.165) is 29.9 Å². The molecular formula is C14H17N7OS. The van der Waals surface area contributed by atoms with Crippen LogP contribution in [0.2, 0.25) is 0 Å². The molecule has 0 unspecified atom stereocenters. The van der Waals surface area contributed by atoms with Crippen LogP contribution in [0.25, 0.3) is 5.78 Å². The van der Waals surface area contributed by atoms with E-state index < -0.39 is 0 Å². The second kappa shape index (κ2) is 6.29. The summed E-state index contributed by atoms with van der Waals surface area (Å²) in [5, 5.41) is 13.3. The summed E-state index contributed by atoms with van der Waals surface area (Å²) in [7, 11) is 0. The quantitative estimate of drug-likeness (QED) is 0.678. The maximum atomic E-state index is 12.3. The number of hydrogen-bond donors (Lipinski definition) is 2. The van der Waals surface area contributed by atoms with Gasteiger partial charge in [-0.1, -0.05) is 0 Å². The van der Waals surface area contributed by atoms with E-state index in [4.69, 9.17) is 5.73 Å². The number of thiazole rings is 1. The minimum Gasteiger partial charge on any atom is -0.375 e. The van der Waals surface area contributed by atoms with Crippen LogP contribution in [-0.4, -0.2) is 37.0 Å². The van der Waals surface area contributed by atoms with Crippen LogP contribution >= 0.6 is 11.3 Å². The monoisotopic (exact) mass is 331 g/mol. The Kier molecular flexibility index (Phi) is 4.20. The van der Waals surface area contributed by atoms with Crippen LogP contribution < -0.4 is 11.1 Å². The first-order valence-electron chi connectivity index (χ1n) is 7.22. The number of nitrogens with two attached hydrogens (primary N) is 1. The standard InChI is InChI=1S/C14H17N7OS/c1-8-6-9(2)21-11(19-20-14(21)17-8)12(22)16-5-3-4-10-7-23-13(15)18-10/h6-7H,3-5H2,1-2H3,(H2,15,18)(H,16,22). The number of aromatic nitrogens is 5. The predicted molar refractivity (Wildman–Crippen MR) is 87.4 cm³/mol. The van der Waals surface area contributed by atoms with Gasteiger partial charge in [0.1, 0.15) is 0 Å². The third-order valence-corrected chi connectivity index (χ3v) is 4.08. The van der Waals surface area contributed by atoms with E-state index in [-0.39, 0.29) is 11.7 Å². The highest BCUT2D eigenvalue weighted by atomic mass is 32.1. The number of anilines is 1. The van der Waals surface area contributed by atoms with Crippen molar-refractivity contribution in [1.29, 1.82) is 0 Å². The predicted octanol–water partition coefficient (Wildman–Crippen LogP) is 1.14. The summed E-state index contributed by atoms with van der Waals surface area (Å²) in [6.45, 7) is 4.31. The number of carbonyl (C=O) groups excluding carboxylic acids is 1. The topological polar surface area (TPSA) is 111 Å². The number of fused-ring (bicyclic) bond motifs is 1. The SMILES string of the molecule is Cc1cc(C)n2c(C(=O)NCCCc3csc(N)n3)nnc2n1. The number of nitrogens with one attached hydrogen (secondary N) is 1. The van der Waals surface area contributed by atoms with Crippen molar-refractivity contribution in [1.82, 2.24) is 29.9 Å². The van der Waals surface area contributed by atoms with E-state index in [1.54, 1.807) is 4.40 Å². The highest BCUT2D eigenvalue weighted by molar-refractivity contribution is 7.13. The zero-order valence-electron chi connectivity index (χ0n) is 12.9. The fourth-order valence-corrected chi connectivity index (χ4v) is 2.96. The van der Waals surface area contributed by atoms with Gasteiger partial charge in [0.25, 0.3) is 11.7 Å². The summed E-state index contributed by atoms with van der Waals surface area (Å²) in [5.74, 6) is 0.428. The van der Waals surface area contributed by atoms with Crippen molar-refractivity contribution < 1.29 is 4.79 Å². The molecule has 23 heavy (non-hydrogen) atoms. The minimum absolute atomic E-state index is 0.253. The van der Waals surface area contributed by atoms with Crippen molar-refractivity contribution in [2.24, 2.45) is 0 Å². The lowest BCUT2D eigenvalue weighted by atomic mass is 10.2. The first-order chi connectivity index (χ1) is 11.0. The molecule has 3 aromatic heterocycles. The molecule has 0 radical (unpaired) electrons. The van der Waals surface area contributed by atoms with Crippen LogP contribution in [0.5, 0.6) is 0 Å². The number of aryl methyl sites for hydroxylation is 3. The van der Waals surface area contributed by atoms with Gasteiger partial charge in [-0.3, -0.25) is 9.20 Å². The maximum Gasteiger partial charge on any atom is 0.289 e. The van der Waals surface area contributed by atoms with Gasteiger partial charge < -0.3 is 11.1 Å². The van der Waals surface area contributed by atoms with Crippen molar-refractivity contribution in [3.63, 3.8) is 0 Å². The van der Waals surface area contributed by atoms with Gasteiger partial charge >= 0.3 is 0 Å². The summed E-state index contributed by atoms with van der Waals surface area (Å²) in [5.41, 5.74) is 8.26. The number of hydrogen-bond acceptors (Lipinski definition) is 7. The average molecular weight is 331 g/mol. The Hall–Kier alpha value is -2.55. The summed E-state index contributed by atoms with van der Waals surface area (Å²) in [6.07, 6.45) is 1.55. The lowest BCUT2D eigenvalue weighted by Gasteiger charge is -2.05. The first-order valence-corrected chi connectivity index (χ1v) is 8.10. The molecule has 9 heteroatoms. The Morgan fingerprint density at radius 1 is 1.35 bits per heavy atom. The highest BCUT2D eigenvalue weighted by Crippen LogP contribution is 2.12. The molecule has 3 heterocycles. The Morgan fingerprint density at radius 3 is 2.91 bits per heavy atom. The summed E-state index contributed by atoms with van der Waals surface area (Å²) in [4.78, 5) is 20.7. The molecule has 3 aromatic rings. The van der Waals surface area contributed by atoms with Gasteiger partial charge in [-0.15, -0.1) is 21.5 Å². The summed E-state index contributed by atoms with van der Waals surface area (Å²) >= 11 is 1.42. The van der Waals surface area contributed by atoms with Gasteiger partial charge in [-0.25, -0.2) is 9.97 Å². The minimum atomic E-state index is -0.260. The molecule has 0 fully saturated rings. The molecule has 120 valence electrons. The molecule has 3 rings (SSSR count). The summed E-state index contributed by atoms with van der Waals surface area (Å²) < 4.78 is 1.66. The molecule has 0 saturated heterocycles. The maximum absolute atomic E-state index is 12.3. The molecule has 0 spiro atoms. The fraction of sp³-hybridized carbons (Fsp3) is 0.357. The molecule has 0 bridgehead atoms. The zero-order chi connectivity index (χ0) is 16.4. The molecule has 0 aliphatic carbocycles. The highest BCUT2D eigenvalue weighted by Gasteiger charge is 2.16. The lowest BCUT2D eigenvalue weighted by Crippen LogP contribution is -2.27. The van der Waals surface area contributed by atoms with Crippen LogP contribution in [-0.2, 0) is 6.42 Å². The second-order valence-electron chi connectivity index (χ2n) is 5.23. The Morgan fingerprint density at radius 2 is 2.17 bits per heavy atom. The van der Waals surface area contributed by atoms with Gasteiger partial charge in [0, 0.05) is 23.3 Å². The number of carbonyl (C=O) groups is 1. The van der Waals surface area contributed by atoms with E-state index in [9.17, 15) is 4.79 Å². The van der Waals surface area contributed by atoms with Crippen LogP contribution in [0.3, 0.4) is 0 Å². The van der Waals surface area contributed by atoms with Crippen molar-refractivity contribution in [2.75, 3.05) is 12.3 Å². The van der Waals surface area contributed by atoms with Crippen molar-refractivity contribution >= 4 is 28.2 Å². The molecule has 8 nitrogen and oxygen atoms in total. The molecule has 3 N–H and O–H groups in total. The average Bonchev–Trinajstić information content (AvgIpc) is 3.09. The van der Waals surface area contributed by atoms with Crippen molar-refractivity contribution in [3.05, 3.63) is 34.4 Å². The molecular weight excluding hydrogens is 314 g/mol. The third-order valence-electron chi connectivity index (χ3n) is 3.36. The first kappa shape index (κ1) is 15.3. The molecule has 0 aromatic carbocycles. The number of amides is 1. The van der Waals surface area contributed by atoms with Crippen molar-refractivity contribution in [3.8, 4) is 0 Å². The smallest absolute Gasteiger partial charge is 0.289 e. The van der Waals surface area contributed by atoms with Gasteiger partial charge in [0.15, 0.2) is 5.13 Å². The van der Waals surface area contributed by atoms with E-state index in [1.807, 2.05) is 25.3 Å². The van der Waals surface area contributed by atoms with Gasteiger partial charge in [-0.05, 0) is 32.8 Å². The third kappa shape index (κ3) is 3.29. The summed E-state index contributed by atoms with van der Waals surface area (Å²) in [6, 6.07) is 1.89. The van der Waals surface area contributed by atoms with Crippen LogP contribution in [0.15, 0.2) is 11.4 Å². The van der Waals surface area contributed by atoms with Gasteiger partial charge in [-0.2, -0.15) is 0 Å². The van der Waals surface area contributed by atoms with Crippen LogP contribution in [0.1, 0.15) is 34.1 Å². The van der Waals surface area contributed by atoms with E-state index in [1.165, 1.54) is 11.3 Å². The van der Waals surface area contributed by atoms with E-state index in [2.05, 4.69) is 25.5 Å². The number of nitrogen functional groups attached to an aromatic ring is 1. The van der Waals surface area contributed by atoms with Crippen molar-refractivity contribution in [2.45, 2.75) is 26.7 Å². The Balaban J connectivity index is 1.62. The zero-order valence-corrected chi connectivity index (χ0v) is 13.7. The van der Waals surface area contributed by atoms with Crippen LogP contribution in [0.4, 0.5) is 5.13 Å². The lowest BCUT2D eigenvalue weighted by molar-refractivity contribution is 0.0941. The van der Waals surface area contributed by atoms with Gasteiger partial charge in [0.2, 0.25) is 5.82 Å². The number of rotatable bonds is 5. The Bertz CT molecular complexity index is 854.